The van der Waals surface area contributed by atoms with Crippen molar-refractivity contribution in [2.45, 2.75) is 58.5 Å². The van der Waals surface area contributed by atoms with Crippen LogP contribution in [0.2, 0.25) is 0 Å². The third kappa shape index (κ3) is 3.49. The zero-order valence-corrected chi connectivity index (χ0v) is 10.1. The van der Waals surface area contributed by atoms with E-state index in [0.29, 0.717) is 12.0 Å². The minimum Gasteiger partial charge on any atom is -0.368 e. The summed E-state index contributed by atoms with van der Waals surface area (Å²) in [7, 11) is 0. The fraction of sp³-hybridized carbons (Fsp3) is 0.917. The average Bonchev–Trinajstić information content (AvgIpc) is 2.16. The summed E-state index contributed by atoms with van der Waals surface area (Å²) >= 11 is 0. The molecule has 3 N–H and O–H groups in total. The number of amides is 1. The highest BCUT2D eigenvalue weighted by atomic mass is 16.1. The molecule has 1 fully saturated rings. The molecule has 15 heavy (non-hydrogen) atoms. The number of rotatable bonds is 4. The van der Waals surface area contributed by atoms with E-state index < -0.39 is 0 Å². The Labute approximate surface area is 92.8 Å². The largest absolute Gasteiger partial charge is 0.368 e. The average molecular weight is 212 g/mol. The van der Waals surface area contributed by atoms with E-state index in [4.69, 9.17) is 5.73 Å². The van der Waals surface area contributed by atoms with Gasteiger partial charge in [0, 0.05) is 6.04 Å². The standard InChI is InChI=1S/C12H24N2O/c1-4-10(12(13)15)14-11-6-5-8(2)7-9(11)3/h8-11,14H,4-7H2,1-3H3,(H2,13,15). The lowest BCUT2D eigenvalue weighted by molar-refractivity contribution is -0.120. The normalized spacial score (nSPS) is 33.7. The second kappa shape index (κ2) is 5.50. The van der Waals surface area contributed by atoms with E-state index >= 15 is 0 Å². The van der Waals surface area contributed by atoms with Gasteiger partial charge < -0.3 is 11.1 Å². The van der Waals surface area contributed by atoms with Crippen molar-refractivity contribution in [1.82, 2.24) is 5.32 Å². The number of nitrogens with one attached hydrogen (secondary N) is 1. The van der Waals surface area contributed by atoms with Gasteiger partial charge in [0.25, 0.3) is 0 Å². The van der Waals surface area contributed by atoms with Gasteiger partial charge in [0.05, 0.1) is 6.04 Å². The van der Waals surface area contributed by atoms with Crippen molar-refractivity contribution in [2.24, 2.45) is 17.6 Å². The van der Waals surface area contributed by atoms with Crippen molar-refractivity contribution >= 4 is 5.91 Å². The van der Waals surface area contributed by atoms with E-state index in [9.17, 15) is 4.79 Å². The van der Waals surface area contributed by atoms with Crippen LogP contribution in [0.25, 0.3) is 0 Å². The Balaban J connectivity index is 2.46. The zero-order valence-electron chi connectivity index (χ0n) is 10.1. The molecule has 0 aliphatic heterocycles. The van der Waals surface area contributed by atoms with Gasteiger partial charge in [0.2, 0.25) is 5.91 Å². The minimum atomic E-state index is -0.219. The topological polar surface area (TPSA) is 55.1 Å². The fourth-order valence-corrected chi connectivity index (χ4v) is 2.57. The first kappa shape index (κ1) is 12.5. The van der Waals surface area contributed by atoms with Gasteiger partial charge in [0.15, 0.2) is 0 Å². The maximum absolute atomic E-state index is 11.1. The molecule has 4 atom stereocenters. The van der Waals surface area contributed by atoms with E-state index in [0.717, 1.165) is 12.3 Å². The number of nitrogens with two attached hydrogens (primary N) is 1. The molecule has 0 aromatic rings. The third-order valence-electron chi connectivity index (χ3n) is 3.60. The van der Waals surface area contributed by atoms with Crippen LogP contribution in [0.3, 0.4) is 0 Å². The summed E-state index contributed by atoms with van der Waals surface area (Å²) in [5, 5.41) is 3.40. The molecule has 88 valence electrons. The maximum atomic E-state index is 11.1. The lowest BCUT2D eigenvalue weighted by Crippen LogP contribution is -2.49. The van der Waals surface area contributed by atoms with E-state index in [1.165, 1.54) is 19.3 Å². The second-order valence-corrected chi connectivity index (χ2v) is 5.03. The molecule has 0 aromatic carbocycles. The molecule has 4 unspecified atom stereocenters. The predicted octanol–water partition coefficient (Wildman–Crippen LogP) is 1.66. The summed E-state index contributed by atoms with van der Waals surface area (Å²) in [6, 6.07) is 0.324. The van der Waals surface area contributed by atoms with Crippen LogP contribution in [0.1, 0.15) is 46.5 Å². The number of hydrogen-bond acceptors (Lipinski definition) is 2. The molecule has 0 radical (unpaired) electrons. The highest BCUT2D eigenvalue weighted by Crippen LogP contribution is 2.28. The first-order valence-electron chi connectivity index (χ1n) is 6.10. The van der Waals surface area contributed by atoms with E-state index in [-0.39, 0.29) is 11.9 Å². The molecule has 1 aliphatic rings. The second-order valence-electron chi connectivity index (χ2n) is 5.03. The van der Waals surface area contributed by atoms with Crippen LogP contribution in [0, 0.1) is 11.8 Å². The SMILES string of the molecule is CCC(NC1CCC(C)CC1C)C(N)=O. The van der Waals surface area contributed by atoms with Gasteiger partial charge >= 0.3 is 0 Å². The monoisotopic (exact) mass is 212 g/mol. The smallest absolute Gasteiger partial charge is 0.234 e. The van der Waals surface area contributed by atoms with Gasteiger partial charge in [-0.1, -0.05) is 20.8 Å². The van der Waals surface area contributed by atoms with Crippen LogP contribution in [-0.4, -0.2) is 18.0 Å². The molecule has 0 heterocycles. The molecular formula is C12H24N2O. The van der Waals surface area contributed by atoms with Crippen molar-refractivity contribution in [1.29, 1.82) is 0 Å². The summed E-state index contributed by atoms with van der Waals surface area (Å²) in [6.45, 7) is 6.57. The zero-order chi connectivity index (χ0) is 11.4. The Bertz CT molecular complexity index is 218. The number of carbonyl (C=O) groups is 1. The number of primary amides is 1. The van der Waals surface area contributed by atoms with Gasteiger partial charge in [0.1, 0.15) is 0 Å². The minimum absolute atomic E-state index is 0.147. The van der Waals surface area contributed by atoms with Crippen molar-refractivity contribution in [3.05, 3.63) is 0 Å². The highest BCUT2D eigenvalue weighted by molar-refractivity contribution is 5.79. The van der Waals surface area contributed by atoms with Crippen molar-refractivity contribution in [3.8, 4) is 0 Å². The van der Waals surface area contributed by atoms with Crippen molar-refractivity contribution < 1.29 is 4.79 Å². The van der Waals surface area contributed by atoms with Crippen molar-refractivity contribution in [3.63, 3.8) is 0 Å². The van der Waals surface area contributed by atoms with Crippen LogP contribution >= 0.6 is 0 Å². The fourth-order valence-electron chi connectivity index (χ4n) is 2.57. The van der Waals surface area contributed by atoms with E-state index in [1.54, 1.807) is 0 Å². The quantitative estimate of drug-likeness (QED) is 0.744. The van der Waals surface area contributed by atoms with Crippen LogP contribution in [0.4, 0.5) is 0 Å². The molecule has 3 heteroatoms. The molecule has 0 spiro atoms. The van der Waals surface area contributed by atoms with Gasteiger partial charge in [-0.25, -0.2) is 0 Å². The number of hydrogen-bond donors (Lipinski definition) is 2. The van der Waals surface area contributed by atoms with Gasteiger partial charge in [-0.05, 0) is 37.5 Å². The summed E-state index contributed by atoms with van der Waals surface area (Å²) in [4.78, 5) is 11.1. The molecule has 1 amide bonds. The lowest BCUT2D eigenvalue weighted by Gasteiger charge is -2.35. The van der Waals surface area contributed by atoms with Gasteiger partial charge in [-0.15, -0.1) is 0 Å². The van der Waals surface area contributed by atoms with Gasteiger partial charge in [-0.3, -0.25) is 4.79 Å². The molecule has 1 saturated carbocycles. The Hall–Kier alpha value is -0.570. The van der Waals surface area contributed by atoms with Crippen LogP contribution < -0.4 is 11.1 Å². The van der Waals surface area contributed by atoms with E-state index in [1.807, 2.05) is 6.92 Å². The maximum Gasteiger partial charge on any atom is 0.234 e. The Morgan fingerprint density at radius 3 is 2.60 bits per heavy atom. The van der Waals surface area contributed by atoms with Crippen molar-refractivity contribution in [2.75, 3.05) is 0 Å². The Morgan fingerprint density at radius 1 is 1.47 bits per heavy atom. The predicted molar refractivity (Wildman–Crippen MR) is 62.4 cm³/mol. The van der Waals surface area contributed by atoms with Crippen LogP contribution in [0.15, 0.2) is 0 Å². The molecular weight excluding hydrogens is 188 g/mol. The molecule has 1 aliphatic carbocycles. The molecule has 1 rings (SSSR count). The van der Waals surface area contributed by atoms with Crippen LogP contribution in [-0.2, 0) is 4.79 Å². The first-order valence-corrected chi connectivity index (χ1v) is 6.10. The van der Waals surface area contributed by atoms with Crippen LogP contribution in [0.5, 0.6) is 0 Å². The van der Waals surface area contributed by atoms with Gasteiger partial charge in [-0.2, -0.15) is 0 Å². The number of carbonyl (C=O) groups excluding carboxylic acids is 1. The summed E-state index contributed by atoms with van der Waals surface area (Å²) < 4.78 is 0. The molecule has 0 bridgehead atoms. The Kier molecular flexibility index (Phi) is 4.58. The summed E-state index contributed by atoms with van der Waals surface area (Å²) in [5.74, 6) is 1.26. The molecule has 0 saturated heterocycles. The lowest BCUT2D eigenvalue weighted by atomic mass is 9.79. The molecule has 0 aromatic heterocycles. The third-order valence-corrected chi connectivity index (χ3v) is 3.60. The first-order chi connectivity index (χ1) is 7.04. The summed E-state index contributed by atoms with van der Waals surface area (Å²) in [5.41, 5.74) is 5.34. The molecule has 3 nitrogen and oxygen atoms in total. The summed E-state index contributed by atoms with van der Waals surface area (Å²) in [6.07, 6.45) is 4.48. The Morgan fingerprint density at radius 2 is 2.13 bits per heavy atom. The van der Waals surface area contributed by atoms with E-state index in [2.05, 4.69) is 19.2 Å². The highest BCUT2D eigenvalue weighted by Gasteiger charge is 2.27.